The summed E-state index contributed by atoms with van der Waals surface area (Å²) in [5.41, 5.74) is 3.65. The number of sulfonamides is 1. The molecule has 1 amide bonds. The number of rotatable bonds is 11. The van der Waals surface area contributed by atoms with Gasteiger partial charge in [-0.25, -0.2) is 18.0 Å². The normalized spacial score (nSPS) is 14.7. The Balaban J connectivity index is 1.56. The number of aryl methyl sites for hydroxylation is 1. The van der Waals surface area contributed by atoms with Gasteiger partial charge in [-0.05, 0) is 53.8 Å². The van der Waals surface area contributed by atoms with E-state index in [1.165, 1.54) is 10.6 Å². The molecule has 1 aliphatic rings. The molecule has 2 N–H and O–H groups in total. The number of aromatic nitrogens is 1. The Morgan fingerprint density at radius 1 is 0.796 bits per heavy atom. The second-order valence-corrected chi connectivity index (χ2v) is 13.7. The summed E-state index contributed by atoms with van der Waals surface area (Å²) < 4.78 is 30.5. The van der Waals surface area contributed by atoms with Crippen LogP contribution in [0.3, 0.4) is 0 Å². The zero-order valence-electron chi connectivity index (χ0n) is 27.3. The quantitative estimate of drug-likeness (QED) is 0.137. The highest BCUT2D eigenvalue weighted by molar-refractivity contribution is 7.91. The van der Waals surface area contributed by atoms with Crippen LogP contribution in [0.1, 0.15) is 40.4 Å². The van der Waals surface area contributed by atoms with Gasteiger partial charge in [0, 0.05) is 12.2 Å². The van der Waals surface area contributed by atoms with Crippen LogP contribution in [0.5, 0.6) is 0 Å². The lowest BCUT2D eigenvalue weighted by molar-refractivity contribution is -0.109. The Labute approximate surface area is 286 Å². The molecule has 0 aliphatic carbocycles. The molecule has 0 fully saturated rings. The van der Waals surface area contributed by atoms with Gasteiger partial charge in [0.05, 0.1) is 17.5 Å². The molecule has 0 saturated heterocycles. The highest BCUT2D eigenvalue weighted by Gasteiger charge is 2.49. The Morgan fingerprint density at radius 2 is 1.35 bits per heavy atom. The third-order valence-electron chi connectivity index (χ3n) is 8.78. The maximum absolute atomic E-state index is 14.4. The highest BCUT2D eigenvalue weighted by atomic mass is 32.2. The molecule has 0 spiro atoms. The van der Waals surface area contributed by atoms with Crippen molar-refractivity contribution in [1.82, 2.24) is 14.8 Å². The van der Waals surface area contributed by atoms with Crippen molar-refractivity contribution >= 4 is 28.1 Å². The summed E-state index contributed by atoms with van der Waals surface area (Å²) in [7, 11) is -3.93. The number of benzene rings is 4. The zero-order chi connectivity index (χ0) is 34.6. The largest absolute Gasteiger partial charge is 0.355 e. The predicted octanol–water partition coefficient (Wildman–Crippen LogP) is 5.76. The van der Waals surface area contributed by atoms with Gasteiger partial charge < -0.3 is 10.2 Å². The summed E-state index contributed by atoms with van der Waals surface area (Å²) >= 11 is 0. The van der Waals surface area contributed by atoms with Crippen molar-refractivity contribution in [2.45, 2.75) is 37.7 Å². The van der Waals surface area contributed by atoms with Crippen LogP contribution in [0.25, 0.3) is 0 Å². The minimum absolute atomic E-state index is 0.0913. The van der Waals surface area contributed by atoms with Crippen LogP contribution in [0.4, 0.5) is 5.69 Å². The molecule has 6 rings (SSSR count). The molecule has 10 heteroatoms. The molecule has 1 atom stereocenters. The van der Waals surface area contributed by atoms with E-state index in [9.17, 15) is 18.0 Å². The Morgan fingerprint density at radius 3 is 1.92 bits per heavy atom. The van der Waals surface area contributed by atoms with E-state index in [0.29, 0.717) is 35.9 Å². The van der Waals surface area contributed by atoms with E-state index < -0.39 is 27.2 Å². The topological polar surface area (TPSA) is 113 Å². The molecular weight excluding hydrogens is 635 g/mol. The number of nitrogens with one attached hydrogen (secondary N) is 2. The number of pyridine rings is 1. The SMILES string of the molecule is C=C1N=C(n2c(C)ccc(NS(=O)(=O)Cc3ccccc3)c2=O)N(C(c2ccccc2)(c2ccccc2)c2ccc(CNC=O)cc2)C1C. The second kappa shape index (κ2) is 13.8. The molecule has 49 heavy (non-hydrogen) atoms. The molecule has 0 radical (unpaired) electrons. The van der Waals surface area contributed by atoms with Gasteiger partial charge in [-0.2, -0.15) is 0 Å². The third kappa shape index (κ3) is 6.42. The van der Waals surface area contributed by atoms with Gasteiger partial charge in [0.15, 0.2) is 0 Å². The monoisotopic (exact) mass is 671 g/mol. The van der Waals surface area contributed by atoms with Crippen molar-refractivity contribution in [1.29, 1.82) is 0 Å². The van der Waals surface area contributed by atoms with E-state index in [1.54, 1.807) is 37.3 Å². The average molecular weight is 672 g/mol. The fourth-order valence-electron chi connectivity index (χ4n) is 6.45. The first-order valence-corrected chi connectivity index (χ1v) is 17.5. The molecule has 1 unspecified atom stereocenters. The van der Waals surface area contributed by atoms with E-state index >= 15 is 0 Å². The summed E-state index contributed by atoms with van der Waals surface area (Å²) in [5.74, 6) is 0.0227. The van der Waals surface area contributed by atoms with E-state index in [1.807, 2.05) is 97.9 Å². The van der Waals surface area contributed by atoms with Gasteiger partial charge in [0.25, 0.3) is 5.56 Å². The Hall–Kier alpha value is -5.74. The first-order valence-electron chi connectivity index (χ1n) is 15.9. The van der Waals surface area contributed by atoms with Crippen LogP contribution in [0.15, 0.2) is 149 Å². The average Bonchev–Trinajstić information content (AvgIpc) is 3.40. The molecule has 4 aromatic carbocycles. The number of anilines is 1. The number of amides is 1. The van der Waals surface area contributed by atoms with Crippen molar-refractivity contribution in [3.8, 4) is 0 Å². The summed E-state index contributed by atoms with van der Waals surface area (Å²) in [6.07, 6.45) is 0.669. The third-order valence-corrected chi connectivity index (χ3v) is 10.0. The second-order valence-electron chi connectivity index (χ2n) is 12.0. The van der Waals surface area contributed by atoms with Gasteiger partial charge >= 0.3 is 0 Å². The maximum Gasteiger partial charge on any atom is 0.281 e. The lowest BCUT2D eigenvalue weighted by Gasteiger charge is -2.47. The van der Waals surface area contributed by atoms with Gasteiger partial charge in [0.1, 0.15) is 11.2 Å². The minimum atomic E-state index is -3.93. The Kier molecular flexibility index (Phi) is 9.33. The van der Waals surface area contributed by atoms with Crippen molar-refractivity contribution in [3.63, 3.8) is 0 Å². The fraction of sp³-hybridized carbons (Fsp3) is 0.154. The number of hydrogen-bond acceptors (Lipinski definition) is 6. The molecule has 0 saturated carbocycles. The van der Waals surface area contributed by atoms with Crippen molar-refractivity contribution in [2.75, 3.05) is 4.72 Å². The molecular formula is C39H37N5O4S. The lowest BCUT2D eigenvalue weighted by Crippen LogP contribution is -2.56. The molecule has 9 nitrogen and oxygen atoms in total. The number of nitrogens with zero attached hydrogens (tertiary/aromatic N) is 3. The molecule has 0 bridgehead atoms. The van der Waals surface area contributed by atoms with E-state index in [0.717, 1.165) is 22.3 Å². The highest BCUT2D eigenvalue weighted by Crippen LogP contribution is 2.46. The zero-order valence-corrected chi connectivity index (χ0v) is 28.1. The lowest BCUT2D eigenvalue weighted by atomic mass is 9.74. The van der Waals surface area contributed by atoms with Crippen LogP contribution < -0.4 is 15.6 Å². The smallest absolute Gasteiger partial charge is 0.281 e. The van der Waals surface area contributed by atoms with Crippen LogP contribution in [-0.2, 0) is 32.7 Å². The number of aliphatic imine (C=N–C) groups is 1. The van der Waals surface area contributed by atoms with E-state index in [2.05, 4.69) is 21.5 Å². The van der Waals surface area contributed by atoms with E-state index in [4.69, 9.17) is 4.99 Å². The van der Waals surface area contributed by atoms with Crippen molar-refractivity contribution in [3.05, 3.63) is 184 Å². The number of carbonyl (C=O) groups is 1. The molecule has 1 aromatic heterocycles. The van der Waals surface area contributed by atoms with Crippen LogP contribution in [0, 0.1) is 6.92 Å². The standard InChI is InChI=1S/C39H37N5O4S/c1-28-19-24-36(42-49(47,48)26-32-13-7-4-8-14-32)37(46)43(28)38-41-29(2)30(3)44(38)39(33-15-9-5-10-16-33,34-17-11-6-12-18-34)35-22-20-31(21-23-35)25-40-27-45/h4-24,27,30,42H,2,25-26H2,1,3H3,(H,40,45). The Bertz CT molecular complexity index is 2130. The van der Waals surface area contributed by atoms with Crippen molar-refractivity contribution < 1.29 is 13.2 Å². The molecule has 2 heterocycles. The van der Waals surface area contributed by atoms with Crippen LogP contribution in [0.2, 0.25) is 0 Å². The molecule has 5 aromatic rings. The summed E-state index contributed by atoms with van der Waals surface area (Å²) in [5, 5.41) is 2.72. The first-order chi connectivity index (χ1) is 23.7. The minimum Gasteiger partial charge on any atom is -0.355 e. The first kappa shape index (κ1) is 33.2. The van der Waals surface area contributed by atoms with E-state index in [-0.39, 0.29) is 11.4 Å². The van der Waals surface area contributed by atoms with Gasteiger partial charge in [-0.15, -0.1) is 0 Å². The van der Waals surface area contributed by atoms with Crippen molar-refractivity contribution in [2.24, 2.45) is 4.99 Å². The summed E-state index contributed by atoms with van der Waals surface area (Å²) in [6.45, 7) is 8.45. The predicted molar refractivity (Wildman–Crippen MR) is 194 cm³/mol. The van der Waals surface area contributed by atoms with Crippen LogP contribution in [-0.4, -0.2) is 36.3 Å². The van der Waals surface area contributed by atoms with Gasteiger partial charge in [0.2, 0.25) is 22.4 Å². The molecule has 248 valence electrons. The summed E-state index contributed by atoms with van der Waals surface area (Å²) in [6, 6.07) is 39.6. The number of carbonyl (C=O) groups excluding carboxylic acids is 1. The maximum atomic E-state index is 14.4. The summed E-state index contributed by atoms with van der Waals surface area (Å²) in [4.78, 5) is 32.5. The number of hydrogen-bond donors (Lipinski definition) is 2. The van der Waals surface area contributed by atoms with Gasteiger partial charge in [-0.3, -0.25) is 14.3 Å². The fourth-order valence-corrected chi connectivity index (χ4v) is 7.64. The van der Waals surface area contributed by atoms with Crippen LogP contribution >= 0.6 is 0 Å². The van der Waals surface area contributed by atoms with Gasteiger partial charge in [-0.1, -0.05) is 122 Å². The molecule has 1 aliphatic heterocycles.